The zero-order valence-corrected chi connectivity index (χ0v) is 18.9. The van der Waals surface area contributed by atoms with Gasteiger partial charge in [-0.1, -0.05) is 6.08 Å². The molecule has 0 heterocycles. The van der Waals surface area contributed by atoms with E-state index in [4.69, 9.17) is 15.2 Å². The van der Waals surface area contributed by atoms with Crippen LogP contribution in [0, 0.1) is 18.6 Å². The first-order chi connectivity index (χ1) is 15.0. The van der Waals surface area contributed by atoms with Crippen LogP contribution in [0.25, 0.3) is 11.1 Å². The third kappa shape index (κ3) is 7.17. The van der Waals surface area contributed by atoms with E-state index in [0.717, 1.165) is 18.2 Å². The van der Waals surface area contributed by atoms with Gasteiger partial charge in [0.25, 0.3) is 0 Å². The summed E-state index contributed by atoms with van der Waals surface area (Å²) in [7, 11) is 0. The second kappa shape index (κ2) is 12.0. The van der Waals surface area contributed by atoms with Crippen molar-refractivity contribution in [1.29, 1.82) is 0 Å². The molecule has 2 aromatic rings. The highest BCUT2D eigenvalue weighted by molar-refractivity contribution is 5.85. The summed E-state index contributed by atoms with van der Waals surface area (Å²) in [4.78, 5) is 11.8. The summed E-state index contributed by atoms with van der Waals surface area (Å²) in [5, 5.41) is 0. The molecule has 0 fully saturated rings. The Kier molecular flexibility index (Phi) is 10.3. The zero-order chi connectivity index (χ0) is 24.1. The van der Waals surface area contributed by atoms with Crippen molar-refractivity contribution < 1.29 is 36.2 Å². The minimum atomic E-state index is -5.03. The van der Waals surface area contributed by atoms with Crippen molar-refractivity contribution in [1.82, 2.24) is 0 Å². The Balaban J connectivity index is 0.00000544. The maximum atomic E-state index is 14.8. The van der Waals surface area contributed by atoms with Gasteiger partial charge in [-0.2, -0.15) is 13.2 Å². The largest absolute Gasteiger partial charge is 0.493 e. The molecule has 0 radical (unpaired) electrons. The van der Waals surface area contributed by atoms with E-state index in [1.54, 1.807) is 13.0 Å². The number of hydrogen-bond donors (Lipinski definition) is 1. The number of esters is 1. The molecule has 0 spiro atoms. The molecule has 0 aliphatic rings. The van der Waals surface area contributed by atoms with E-state index in [1.165, 1.54) is 6.92 Å². The van der Waals surface area contributed by atoms with Crippen molar-refractivity contribution in [3.63, 3.8) is 0 Å². The second-order valence-corrected chi connectivity index (χ2v) is 7.06. The third-order valence-corrected chi connectivity index (χ3v) is 4.63. The van der Waals surface area contributed by atoms with Crippen LogP contribution in [0.4, 0.5) is 22.0 Å². The summed E-state index contributed by atoms with van der Waals surface area (Å²) in [6.07, 6.45) is -3.56. The van der Waals surface area contributed by atoms with Gasteiger partial charge in [0.05, 0.1) is 25.2 Å². The number of alkyl halides is 3. The number of rotatable bonds is 9. The van der Waals surface area contributed by atoms with Gasteiger partial charge < -0.3 is 15.2 Å². The van der Waals surface area contributed by atoms with Gasteiger partial charge in [-0.25, -0.2) is 8.78 Å². The van der Waals surface area contributed by atoms with Gasteiger partial charge in [-0.3, -0.25) is 4.79 Å². The summed E-state index contributed by atoms with van der Waals surface area (Å²) in [6.45, 7) is 6.75. The van der Waals surface area contributed by atoms with E-state index in [9.17, 15) is 26.7 Å². The van der Waals surface area contributed by atoms with Gasteiger partial charge in [0.15, 0.2) is 0 Å². The summed E-state index contributed by atoms with van der Waals surface area (Å²) in [5.74, 6) is -3.00. The topological polar surface area (TPSA) is 61.5 Å². The van der Waals surface area contributed by atoms with Gasteiger partial charge in [-0.15, -0.1) is 19.0 Å². The molecule has 2 N–H and O–H groups in total. The zero-order valence-electron chi connectivity index (χ0n) is 18.1. The van der Waals surface area contributed by atoms with Crippen molar-refractivity contribution in [3.05, 3.63) is 65.2 Å². The number of nitrogens with two attached hydrogens (primary N) is 1. The molecule has 10 heteroatoms. The smallest absolute Gasteiger partial charge is 0.419 e. The summed E-state index contributed by atoms with van der Waals surface area (Å²) >= 11 is 0. The van der Waals surface area contributed by atoms with Crippen LogP contribution in [0.1, 0.15) is 42.5 Å². The monoisotopic (exact) mass is 493 g/mol. The number of carbonyl (C=O) groups is 1. The average Bonchev–Trinajstić information content (AvgIpc) is 2.67. The fourth-order valence-electron chi connectivity index (χ4n) is 3.23. The first-order valence-corrected chi connectivity index (χ1v) is 9.85. The number of aryl methyl sites for hydroxylation is 1. The highest BCUT2D eigenvalue weighted by Crippen LogP contribution is 2.41. The first-order valence-electron chi connectivity index (χ1n) is 9.85. The van der Waals surface area contributed by atoms with E-state index >= 15 is 0 Å². The Morgan fingerprint density at radius 3 is 2.45 bits per heavy atom. The van der Waals surface area contributed by atoms with Crippen molar-refractivity contribution in [2.75, 3.05) is 13.2 Å². The van der Waals surface area contributed by atoms with Crippen LogP contribution in [0.2, 0.25) is 0 Å². The Morgan fingerprint density at radius 2 is 1.88 bits per heavy atom. The highest BCUT2D eigenvalue weighted by atomic mass is 35.5. The fourth-order valence-corrected chi connectivity index (χ4v) is 3.23. The lowest BCUT2D eigenvalue weighted by Gasteiger charge is -2.20. The summed E-state index contributed by atoms with van der Waals surface area (Å²) in [5.41, 5.74) is 4.18. The molecule has 33 heavy (non-hydrogen) atoms. The van der Waals surface area contributed by atoms with Crippen LogP contribution < -0.4 is 10.5 Å². The summed E-state index contributed by atoms with van der Waals surface area (Å²) < 4.78 is 79.9. The van der Waals surface area contributed by atoms with Crippen LogP contribution in [0.15, 0.2) is 36.9 Å². The number of halogens is 6. The molecule has 0 saturated carbocycles. The lowest BCUT2D eigenvalue weighted by molar-refractivity contribution is -0.143. The average molecular weight is 494 g/mol. The van der Waals surface area contributed by atoms with Crippen molar-refractivity contribution in [3.8, 4) is 16.9 Å². The fraction of sp³-hybridized carbons (Fsp3) is 0.348. The lowest BCUT2D eigenvalue weighted by atomic mass is 9.92. The van der Waals surface area contributed by atoms with Gasteiger partial charge in [-0.05, 0) is 49.6 Å². The van der Waals surface area contributed by atoms with Crippen LogP contribution in [-0.2, 0) is 15.7 Å². The van der Waals surface area contributed by atoms with Crippen LogP contribution in [-0.4, -0.2) is 19.2 Å². The molecule has 182 valence electrons. The minimum Gasteiger partial charge on any atom is -0.493 e. The van der Waals surface area contributed by atoms with Gasteiger partial charge in [0, 0.05) is 23.2 Å². The van der Waals surface area contributed by atoms with Crippen molar-refractivity contribution in [2.24, 2.45) is 5.73 Å². The van der Waals surface area contributed by atoms with E-state index < -0.39 is 47.4 Å². The molecule has 0 saturated heterocycles. The maximum absolute atomic E-state index is 14.8. The predicted molar refractivity (Wildman–Crippen MR) is 117 cm³/mol. The van der Waals surface area contributed by atoms with Crippen LogP contribution >= 0.6 is 12.4 Å². The molecule has 0 amide bonds. The van der Waals surface area contributed by atoms with Gasteiger partial charge in [0.1, 0.15) is 17.4 Å². The molecule has 4 nitrogen and oxygen atoms in total. The molecular weight excluding hydrogens is 469 g/mol. The Morgan fingerprint density at radius 1 is 1.21 bits per heavy atom. The van der Waals surface area contributed by atoms with E-state index in [2.05, 4.69) is 6.58 Å². The van der Waals surface area contributed by atoms with E-state index in [1.807, 2.05) is 0 Å². The molecule has 0 unspecified atom stereocenters. The van der Waals surface area contributed by atoms with E-state index in [-0.39, 0.29) is 48.1 Å². The quantitative estimate of drug-likeness (QED) is 0.193. The van der Waals surface area contributed by atoms with E-state index in [0.29, 0.717) is 12.5 Å². The minimum absolute atomic E-state index is 0. The molecule has 2 aromatic carbocycles. The molecule has 0 aromatic heterocycles. The molecule has 0 aliphatic heterocycles. The standard InChI is InChI=1S/C23H24F5NO3.ClH/c1-4-6-7-32-19-11-15(24)8-13(3)21(19)14-9-16(18(29)12-20(30)31-5-2)22(25)17(10-14)23(26,27)28;/h4,8-11,18H,1,5-7,12,29H2,2-3H3;1H/t18-;/m0./s1. The highest BCUT2D eigenvalue weighted by Gasteiger charge is 2.37. The lowest BCUT2D eigenvalue weighted by Crippen LogP contribution is -2.20. The molecule has 0 aliphatic carbocycles. The predicted octanol–water partition coefficient (Wildman–Crippen LogP) is 6.29. The molecular formula is C23H25ClF5NO3. The number of ether oxygens (including phenoxy) is 2. The molecule has 0 bridgehead atoms. The first kappa shape index (κ1) is 28.4. The number of benzene rings is 2. The molecule has 2 rings (SSSR count). The van der Waals surface area contributed by atoms with Crippen LogP contribution in [0.5, 0.6) is 5.75 Å². The Hall–Kier alpha value is -2.65. The van der Waals surface area contributed by atoms with Gasteiger partial charge >= 0.3 is 12.1 Å². The Bertz CT molecular complexity index is 995. The number of hydrogen-bond acceptors (Lipinski definition) is 4. The third-order valence-electron chi connectivity index (χ3n) is 4.63. The maximum Gasteiger partial charge on any atom is 0.419 e. The van der Waals surface area contributed by atoms with Gasteiger partial charge in [0.2, 0.25) is 0 Å². The Labute approximate surface area is 195 Å². The SMILES string of the molecule is C=CCCOc1cc(F)cc(C)c1-c1cc([C@@H](N)CC(=O)OCC)c(F)c(C(F)(F)F)c1.Cl. The normalized spacial score (nSPS) is 12.0. The second-order valence-electron chi connectivity index (χ2n) is 7.06. The number of carbonyl (C=O) groups excluding carboxylic acids is 1. The van der Waals surface area contributed by atoms with Crippen molar-refractivity contribution >= 4 is 18.4 Å². The molecule has 1 atom stereocenters. The van der Waals surface area contributed by atoms with Crippen molar-refractivity contribution in [2.45, 2.75) is 38.9 Å². The van der Waals surface area contributed by atoms with Crippen LogP contribution in [0.3, 0.4) is 0 Å². The summed E-state index contributed by atoms with van der Waals surface area (Å²) in [6, 6.07) is 2.53.